The van der Waals surface area contributed by atoms with Gasteiger partial charge >= 0.3 is 0 Å². The van der Waals surface area contributed by atoms with Crippen LogP contribution in [0.25, 0.3) is 0 Å². The van der Waals surface area contributed by atoms with Crippen LogP contribution >= 0.6 is 0 Å². The Balaban J connectivity index is 2.17. The van der Waals surface area contributed by atoms with Crippen LogP contribution in [0.4, 0.5) is 0 Å². The van der Waals surface area contributed by atoms with E-state index in [0.717, 1.165) is 38.8 Å². The molecule has 1 aliphatic heterocycles. The molecular weight excluding hydrogens is 180 g/mol. The normalized spacial score (nSPS) is 19.2. The standard InChI is InChI=1S/C10H18N2O2/c1-9(14)11-10-3-6-12(7-4-10)5-2-8-13/h8,10H,2-7H2,1H3,(H,11,14). The van der Waals surface area contributed by atoms with E-state index < -0.39 is 0 Å². The maximum absolute atomic E-state index is 10.8. The van der Waals surface area contributed by atoms with Gasteiger partial charge in [-0.1, -0.05) is 0 Å². The predicted octanol–water partition coefficient (Wildman–Crippen LogP) is 0.176. The van der Waals surface area contributed by atoms with Gasteiger partial charge in [-0.2, -0.15) is 0 Å². The molecule has 1 aliphatic rings. The van der Waals surface area contributed by atoms with Gasteiger partial charge in [-0.3, -0.25) is 4.79 Å². The summed E-state index contributed by atoms with van der Waals surface area (Å²) in [7, 11) is 0. The van der Waals surface area contributed by atoms with Gasteiger partial charge in [-0.15, -0.1) is 0 Å². The molecule has 0 atom stereocenters. The Labute approximate surface area is 84.7 Å². The lowest BCUT2D eigenvalue weighted by Gasteiger charge is -2.31. The average molecular weight is 198 g/mol. The fourth-order valence-electron chi connectivity index (χ4n) is 1.82. The highest BCUT2D eigenvalue weighted by Gasteiger charge is 2.18. The SMILES string of the molecule is CC(=O)NC1CCN(CCC=O)CC1. The summed E-state index contributed by atoms with van der Waals surface area (Å²) in [5.41, 5.74) is 0. The van der Waals surface area contributed by atoms with E-state index in [-0.39, 0.29) is 5.91 Å². The van der Waals surface area contributed by atoms with Crippen molar-refractivity contribution in [1.29, 1.82) is 0 Å². The van der Waals surface area contributed by atoms with E-state index in [1.165, 1.54) is 0 Å². The van der Waals surface area contributed by atoms with Crippen LogP contribution in [0.5, 0.6) is 0 Å². The summed E-state index contributed by atoms with van der Waals surface area (Å²) in [5.74, 6) is 0.0522. The number of rotatable bonds is 4. The van der Waals surface area contributed by atoms with Crippen LogP contribution in [-0.2, 0) is 9.59 Å². The first-order valence-corrected chi connectivity index (χ1v) is 5.15. The molecule has 1 heterocycles. The van der Waals surface area contributed by atoms with E-state index in [1.54, 1.807) is 6.92 Å². The molecule has 0 saturated carbocycles. The molecular formula is C10H18N2O2. The van der Waals surface area contributed by atoms with E-state index in [0.29, 0.717) is 12.5 Å². The van der Waals surface area contributed by atoms with Crippen molar-refractivity contribution >= 4 is 12.2 Å². The minimum absolute atomic E-state index is 0.0522. The third-order valence-electron chi connectivity index (χ3n) is 2.56. The van der Waals surface area contributed by atoms with Crippen LogP contribution in [0, 0.1) is 0 Å². The van der Waals surface area contributed by atoms with Gasteiger partial charge in [0.15, 0.2) is 0 Å². The predicted molar refractivity (Wildman–Crippen MR) is 54.0 cm³/mol. The topological polar surface area (TPSA) is 49.4 Å². The Morgan fingerprint density at radius 2 is 2.14 bits per heavy atom. The van der Waals surface area contributed by atoms with Crippen LogP contribution in [0.2, 0.25) is 0 Å². The molecule has 0 aromatic heterocycles. The van der Waals surface area contributed by atoms with E-state index in [4.69, 9.17) is 0 Å². The molecule has 0 unspecified atom stereocenters. The highest BCUT2D eigenvalue weighted by molar-refractivity contribution is 5.73. The smallest absolute Gasteiger partial charge is 0.217 e. The molecule has 0 aliphatic carbocycles. The third-order valence-corrected chi connectivity index (χ3v) is 2.56. The molecule has 0 spiro atoms. The van der Waals surface area contributed by atoms with Crippen molar-refractivity contribution in [2.24, 2.45) is 0 Å². The second-order valence-corrected chi connectivity index (χ2v) is 3.77. The number of carbonyl (C=O) groups is 2. The van der Waals surface area contributed by atoms with Crippen molar-refractivity contribution in [2.45, 2.75) is 32.2 Å². The van der Waals surface area contributed by atoms with Crippen molar-refractivity contribution in [3.05, 3.63) is 0 Å². The minimum Gasteiger partial charge on any atom is -0.354 e. The molecule has 14 heavy (non-hydrogen) atoms. The zero-order valence-corrected chi connectivity index (χ0v) is 8.66. The van der Waals surface area contributed by atoms with E-state index in [2.05, 4.69) is 10.2 Å². The molecule has 4 nitrogen and oxygen atoms in total. The molecule has 4 heteroatoms. The van der Waals surface area contributed by atoms with Gasteiger partial charge in [0.2, 0.25) is 5.91 Å². The van der Waals surface area contributed by atoms with Crippen molar-refractivity contribution in [3.63, 3.8) is 0 Å². The first-order valence-electron chi connectivity index (χ1n) is 5.15. The number of hydrogen-bond donors (Lipinski definition) is 1. The Bertz CT molecular complexity index is 198. The van der Waals surface area contributed by atoms with Gasteiger partial charge in [0, 0.05) is 39.0 Å². The zero-order valence-electron chi connectivity index (χ0n) is 8.66. The number of carbonyl (C=O) groups excluding carboxylic acids is 2. The minimum atomic E-state index is 0.0522. The van der Waals surface area contributed by atoms with Crippen molar-refractivity contribution in [3.8, 4) is 0 Å². The summed E-state index contributed by atoms with van der Waals surface area (Å²) in [6, 6.07) is 0.333. The second kappa shape index (κ2) is 5.75. The fraction of sp³-hybridized carbons (Fsp3) is 0.800. The number of piperidine rings is 1. The average Bonchev–Trinajstić information content (AvgIpc) is 2.16. The van der Waals surface area contributed by atoms with Gasteiger partial charge < -0.3 is 15.0 Å². The van der Waals surface area contributed by atoms with Crippen molar-refractivity contribution in [2.75, 3.05) is 19.6 Å². The lowest BCUT2D eigenvalue weighted by molar-refractivity contribution is -0.119. The molecule has 1 N–H and O–H groups in total. The number of likely N-dealkylation sites (tertiary alicyclic amines) is 1. The number of aldehydes is 1. The third kappa shape index (κ3) is 3.87. The summed E-state index contributed by atoms with van der Waals surface area (Å²) in [5, 5.41) is 2.92. The molecule has 1 fully saturated rings. The van der Waals surface area contributed by atoms with Crippen molar-refractivity contribution < 1.29 is 9.59 Å². The molecule has 1 rings (SSSR count). The van der Waals surface area contributed by atoms with Gasteiger partial charge in [-0.25, -0.2) is 0 Å². The van der Waals surface area contributed by atoms with Gasteiger partial charge in [-0.05, 0) is 12.8 Å². The van der Waals surface area contributed by atoms with Crippen LogP contribution in [0.3, 0.4) is 0 Å². The summed E-state index contributed by atoms with van der Waals surface area (Å²) in [6.07, 6.45) is 3.57. The van der Waals surface area contributed by atoms with Crippen LogP contribution in [0.1, 0.15) is 26.2 Å². The molecule has 0 bridgehead atoms. The van der Waals surface area contributed by atoms with Crippen LogP contribution in [0.15, 0.2) is 0 Å². The quantitative estimate of drug-likeness (QED) is 0.655. The summed E-state index contributed by atoms with van der Waals surface area (Å²) < 4.78 is 0. The zero-order chi connectivity index (χ0) is 10.4. The first kappa shape index (κ1) is 11.2. The Morgan fingerprint density at radius 3 is 2.64 bits per heavy atom. The number of hydrogen-bond acceptors (Lipinski definition) is 3. The maximum Gasteiger partial charge on any atom is 0.217 e. The van der Waals surface area contributed by atoms with Crippen LogP contribution < -0.4 is 5.32 Å². The van der Waals surface area contributed by atoms with Gasteiger partial charge in [0.05, 0.1) is 0 Å². The molecule has 0 aromatic rings. The molecule has 0 radical (unpaired) electrons. The first-order chi connectivity index (χ1) is 6.72. The molecule has 0 aromatic carbocycles. The van der Waals surface area contributed by atoms with E-state index in [1.807, 2.05) is 0 Å². The summed E-state index contributed by atoms with van der Waals surface area (Å²) >= 11 is 0. The lowest BCUT2D eigenvalue weighted by atomic mass is 10.1. The van der Waals surface area contributed by atoms with Crippen molar-refractivity contribution in [1.82, 2.24) is 10.2 Å². The number of nitrogens with zero attached hydrogens (tertiary/aromatic N) is 1. The number of amides is 1. The molecule has 1 amide bonds. The fourth-order valence-corrected chi connectivity index (χ4v) is 1.82. The Kier molecular flexibility index (Phi) is 4.59. The summed E-state index contributed by atoms with van der Waals surface area (Å²) in [4.78, 5) is 23.2. The molecule has 1 saturated heterocycles. The van der Waals surface area contributed by atoms with E-state index in [9.17, 15) is 9.59 Å². The van der Waals surface area contributed by atoms with Gasteiger partial charge in [0.25, 0.3) is 0 Å². The Hall–Kier alpha value is -0.900. The highest BCUT2D eigenvalue weighted by Crippen LogP contribution is 2.09. The van der Waals surface area contributed by atoms with Crippen LogP contribution in [-0.4, -0.2) is 42.8 Å². The number of nitrogens with one attached hydrogen (secondary N) is 1. The largest absolute Gasteiger partial charge is 0.354 e. The monoisotopic (exact) mass is 198 g/mol. The van der Waals surface area contributed by atoms with Gasteiger partial charge in [0.1, 0.15) is 6.29 Å². The highest BCUT2D eigenvalue weighted by atomic mass is 16.1. The second-order valence-electron chi connectivity index (χ2n) is 3.77. The maximum atomic E-state index is 10.8. The summed E-state index contributed by atoms with van der Waals surface area (Å²) in [6.45, 7) is 4.38. The lowest BCUT2D eigenvalue weighted by Crippen LogP contribution is -2.44. The molecule has 80 valence electrons. The Morgan fingerprint density at radius 1 is 1.50 bits per heavy atom. The van der Waals surface area contributed by atoms with E-state index >= 15 is 0 Å².